The predicted octanol–water partition coefficient (Wildman–Crippen LogP) is 1.83. The highest BCUT2D eigenvalue weighted by molar-refractivity contribution is 7.09. The molecule has 0 saturated heterocycles. The minimum atomic E-state index is -0.123. The number of aromatic nitrogens is 1. The number of rotatable bonds is 3. The minimum absolute atomic E-state index is 0.0792. The Morgan fingerprint density at radius 2 is 2.47 bits per heavy atom. The molecule has 0 aliphatic heterocycles. The number of nitrogens with zero attached hydrogens (tertiary/aromatic N) is 3. The van der Waals surface area contributed by atoms with Gasteiger partial charge in [0, 0.05) is 18.5 Å². The van der Waals surface area contributed by atoms with Gasteiger partial charge in [-0.3, -0.25) is 4.79 Å². The largest absolute Gasteiger partial charge is 0.337 e. The van der Waals surface area contributed by atoms with Gasteiger partial charge in [-0.05, 0) is 13.8 Å². The van der Waals surface area contributed by atoms with Gasteiger partial charge in [0.25, 0.3) is 5.91 Å². The van der Waals surface area contributed by atoms with Gasteiger partial charge in [0.15, 0.2) is 0 Å². The van der Waals surface area contributed by atoms with Crippen molar-refractivity contribution >= 4 is 17.2 Å². The molecule has 1 unspecified atom stereocenters. The minimum Gasteiger partial charge on any atom is -0.337 e. The molecular weight excluding hydrogens is 210 g/mol. The highest BCUT2D eigenvalue weighted by Crippen LogP contribution is 2.12. The average molecular weight is 223 g/mol. The van der Waals surface area contributed by atoms with Gasteiger partial charge in [0.2, 0.25) is 0 Å². The van der Waals surface area contributed by atoms with E-state index < -0.39 is 0 Å². The van der Waals surface area contributed by atoms with Crippen LogP contribution < -0.4 is 0 Å². The number of hydrogen-bond donors (Lipinski definition) is 0. The van der Waals surface area contributed by atoms with Crippen LogP contribution in [-0.2, 0) is 0 Å². The Kier molecular flexibility index (Phi) is 3.81. The number of nitriles is 1. The van der Waals surface area contributed by atoms with Gasteiger partial charge < -0.3 is 4.90 Å². The van der Waals surface area contributed by atoms with E-state index in [4.69, 9.17) is 5.26 Å². The van der Waals surface area contributed by atoms with E-state index in [-0.39, 0.29) is 11.9 Å². The lowest BCUT2D eigenvalue weighted by atomic mass is 10.2. The molecular formula is C10H13N3OS. The summed E-state index contributed by atoms with van der Waals surface area (Å²) in [5.74, 6) is -0.123. The molecule has 80 valence electrons. The zero-order valence-corrected chi connectivity index (χ0v) is 9.84. The molecule has 5 heteroatoms. The highest BCUT2D eigenvalue weighted by Gasteiger charge is 2.19. The van der Waals surface area contributed by atoms with Crippen LogP contribution >= 0.6 is 11.3 Å². The molecule has 1 atom stereocenters. The van der Waals surface area contributed by atoms with Gasteiger partial charge in [-0.2, -0.15) is 5.26 Å². The van der Waals surface area contributed by atoms with Gasteiger partial charge in [0.05, 0.1) is 17.5 Å². The molecule has 0 spiro atoms. The van der Waals surface area contributed by atoms with Crippen molar-refractivity contribution in [1.82, 2.24) is 9.88 Å². The highest BCUT2D eigenvalue weighted by atomic mass is 32.1. The van der Waals surface area contributed by atoms with E-state index in [1.807, 2.05) is 19.9 Å². The van der Waals surface area contributed by atoms with E-state index in [1.54, 1.807) is 17.3 Å². The van der Waals surface area contributed by atoms with Crippen LogP contribution in [0, 0.1) is 18.3 Å². The monoisotopic (exact) mass is 223 g/mol. The number of aryl methyl sites for hydroxylation is 1. The Bertz CT molecular complexity index is 394. The molecule has 0 N–H and O–H groups in total. The Morgan fingerprint density at radius 1 is 1.80 bits per heavy atom. The Morgan fingerprint density at radius 3 is 2.93 bits per heavy atom. The number of hydrogen-bond acceptors (Lipinski definition) is 4. The molecule has 1 aromatic rings. The molecule has 0 bridgehead atoms. The summed E-state index contributed by atoms with van der Waals surface area (Å²) < 4.78 is 0. The molecule has 0 saturated carbocycles. The average Bonchev–Trinajstić information content (AvgIpc) is 2.63. The normalized spacial score (nSPS) is 11.9. The molecule has 4 nitrogen and oxygen atoms in total. The van der Waals surface area contributed by atoms with Crippen LogP contribution in [0.25, 0.3) is 0 Å². The maximum Gasteiger partial charge on any atom is 0.273 e. The van der Waals surface area contributed by atoms with Gasteiger partial charge in [-0.15, -0.1) is 11.3 Å². The summed E-state index contributed by atoms with van der Waals surface area (Å²) in [5, 5.41) is 11.2. The molecule has 0 aliphatic rings. The molecule has 1 rings (SSSR count). The zero-order chi connectivity index (χ0) is 11.4. The lowest BCUT2D eigenvalue weighted by Gasteiger charge is -2.21. The molecule has 0 aromatic carbocycles. The van der Waals surface area contributed by atoms with E-state index in [1.165, 1.54) is 11.3 Å². The topological polar surface area (TPSA) is 57.0 Å². The first kappa shape index (κ1) is 11.7. The standard InChI is InChI=1S/C10H13N3OS/c1-7(4-5-11)13(3)10(14)9-6-15-8(2)12-9/h6-7H,4H2,1-3H3. The van der Waals surface area contributed by atoms with E-state index in [0.717, 1.165) is 5.01 Å². The molecule has 0 fully saturated rings. The Balaban J connectivity index is 2.73. The van der Waals surface area contributed by atoms with Crippen LogP contribution in [0.3, 0.4) is 0 Å². The third kappa shape index (κ3) is 2.77. The SMILES string of the molecule is Cc1nc(C(=O)N(C)C(C)CC#N)cs1. The summed E-state index contributed by atoms with van der Waals surface area (Å²) in [7, 11) is 1.69. The smallest absolute Gasteiger partial charge is 0.273 e. The van der Waals surface area contributed by atoms with E-state index in [0.29, 0.717) is 12.1 Å². The summed E-state index contributed by atoms with van der Waals surface area (Å²) in [6.45, 7) is 3.71. The van der Waals surface area contributed by atoms with Crippen molar-refractivity contribution in [2.24, 2.45) is 0 Å². The summed E-state index contributed by atoms with van der Waals surface area (Å²) in [6, 6.07) is 1.97. The van der Waals surface area contributed by atoms with E-state index in [2.05, 4.69) is 4.98 Å². The molecule has 15 heavy (non-hydrogen) atoms. The summed E-state index contributed by atoms with van der Waals surface area (Å²) in [5.41, 5.74) is 0.463. The Hall–Kier alpha value is -1.41. The van der Waals surface area contributed by atoms with Crippen molar-refractivity contribution in [3.8, 4) is 6.07 Å². The maximum absolute atomic E-state index is 11.8. The third-order valence-corrected chi connectivity index (χ3v) is 2.98. The Labute approximate surface area is 93.2 Å². The lowest BCUT2D eigenvalue weighted by Crippen LogP contribution is -2.35. The maximum atomic E-state index is 11.8. The van der Waals surface area contributed by atoms with Gasteiger partial charge in [0.1, 0.15) is 5.69 Å². The van der Waals surface area contributed by atoms with Crippen molar-refractivity contribution in [3.05, 3.63) is 16.1 Å². The first-order valence-electron chi connectivity index (χ1n) is 4.62. The zero-order valence-electron chi connectivity index (χ0n) is 9.02. The number of carbonyl (C=O) groups excluding carboxylic acids is 1. The van der Waals surface area contributed by atoms with Gasteiger partial charge >= 0.3 is 0 Å². The predicted molar refractivity (Wildman–Crippen MR) is 58.6 cm³/mol. The van der Waals surface area contributed by atoms with Crippen LogP contribution in [-0.4, -0.2) is 28.9 Å². The van der Waals surface area contributed by atoms with Crippen molar-refractivity contribution < 1.29 is 4.79 Å². The molecule has 1 aromatic heterocycles. The first-order chi connectivity index (χ1) is 7.06. The summed E-state index contributed by atoms with van der Waals surface area (Å²) in [6.07, 6.45) is 0.339. The number of amides is 1. The second-order valence-corrected chi connectivity index (χ2v) is 4.44. The third-order valence-electron chi connectivity index (χ3n) is 2.21. The van der Waals surface area contributed by atoms with Crippen LogP contribution in [0.5, 0.6) is 0 Å². The van der Waals surface area contributed by atoms with E-state index >= 15 is 0 Å². The van der Waals surface area contributed by atoms with Crippen molar-refractivity contribution in [3.63, 3.8) is 0 Å². The fraction of sp³-hybridized carbons (Fsp3) is 0.500. The number of thiazole rings is 1. The quantitative estimate of drug-likeness (QED) is 0.785. The fourth-order valence-corrected chi connectivity index (χ4v) is 1.70. The van der Waals surface area contributed by atoms with Crippen molar-refractivity contribution in [2.45, 2.75) is 26.3 Å². The summed E-state index contributed by atoms with van der Waals surface area (Å²) in [4.78, 5) is 17.5. The van der Waals surface area contributed by atoms with Gasteiger partial charge in [-0.25, -0.2) is 4.98 Å². The second-order valence-electron chi connectivity index (χ2n) is 3.38. The van der Waals surface area contributed by atoms with Crippen molar-refractivity contribution in [1.29, 1.82) is 5.26 Å². The molecule has 0 aliphatic carbocycles. The summed E-state index contributed by atoms with van der Waals surface area (Å²) >= 11 is 1.45. The fourth-order valence-electron chi connectivity index (χ4n) is 1.11. The van der Waals surface area contributed by atoms with Gasteiger partial charge in [-0.1, -0.05) is 0 Å². The van der Waals surface area contributed by atoms with Crippen LogP contribution in [0.1, 0.15) is 28.8 Å². The molecule has 1 heterocycles. The molecule has 0 radical (unpaired) electrons. The first-order valence-corrected chi connectivity index (χ1v) is 5.50. The van der Waals surface area contributed by atoms with Crippen molar-refractivity contribution in [2.75, 3.05) is 7.05 Å². The van der Waals surface area contributed by atoms with Crippen LogP contribution in [0.4, 0.5) is 0 Å². The van der Waals surface area contributed by atoms with Crippen LogP contribution in [0.2, 0.25) is 0 Å². The lowest BCUT2D eigenvalue weighted by molar-refractivity contribution is 0.0741. The van der Waals surface area contributed by atoms with E-state index in [9.17, 15) is 4.79 Å². The molecule has 1 amide bonds. The number of carbonyl (C=O) groups is 1. The second kappa shape index (κ2) is 4.89. The van der Waals surface area contributed by atoms with Crippen LogP contribution in [0.15, 0.2) is 5.38 Å².